The first kappa shape index (κ1) is 19.6. The van der Waals surface area contributed by atoms with Crippen LogP contribution < -0.4 is 14.8 Å². The van der Waals surface area contributed by atoms with E-state index in [2.05, 4.69) is 14.8 Å². The lowest BCUT2D eigenvalue weighted by Gasteiger charge is -2.13. The minimum absolute atomic E-state index is 0.0379. The van der Waals surface area contributed by atoms with E-state index in [0.29, 0.717) is 22.5 Å². The van der Waals surface area contributed by atoms with Gasteiger partial charge in [0, 0.05) is 11.3 Å². The van der Waals surface area contributed by atoms with Gasteiger partial charge in [-0.15, -0.1) is 0 Å². The standard InChI is InChI=1S/C17H18F2N2O4S/c1-10-7-12(8-11(2)15(10)25-17(18)19)16(22)20-13-5-4-6-14(9-13)21-26(3,23)24/h4-9,17,21H,1-3H3,(H,20,22). The van der Waals surface area contributed by atoms with Crippen molar-refractivity contribution in [3.8, 4) is 5.75 Å². The normalized spacial score (nSPS) is 11.3. The van der Waals surface area contributed by atoms with Crippen LogP contribution in [0.4, 0.5) is 20.2 Å². The molecule has 6 nitrogen and oxygen atoms in total. The van der Waals surface area contributed by atoms with Gasteiger partial charge in [-0.3, -0.25) is 9.52 Å². The number of alkyl halides is 2. The van der Waals surface area contributed by atoms with Crippen LogP contribution in [0.3, 0.4) is 0 Å². The third-order valence-corrected chi connectivity index (χ3v) is 3.96. The van der Waals surface area contributed by atoms with Gasteiger partial charge in [0.25, 0.3) is 5.91 Å². The SMILES string of the molecule is Cc1cc(C(=O)Nc2cccc(NS(C)(=O)=O)c2)cc(C)c1OC(F)F. The first-order valence-electron chi connectivity index (χ1n) is 7.50. The molecule has 0 spiro atoms. The van der Waals surface area contributed by atoms with Gasteiger partial charge in [-0.05, 0) is 55.3 Å². The van der Waals surface area contributed by atoms with Gasteiger partial charge in [-0.1, -0.05) is 6.07 Å². The number of aryl methyl sites for hydroxylation is 2. The highest BCUT2D eigenvalue weighted by molar-refractivity contribution is 7.92. The van der Waals surface area contributed by atoms with Crippen molar-refractivity contribution in [2.45, 2.75) is 20.5 Å². The van der Waals surface area contributed by atoms with E-state index in [1.54, 1.807) is 32.0 Å². The highest BCUT2D eigenvalue weighted by Gasteiger charge is 2.15. The summed E-state index contributed by atoms with van der Waals surface area (Å²) in [6, 6.07) is 9.07. The fourth-order valence-electron chi connectivity index (χ4n) is 2.43. The molecule has 0 aliphatic rings. The number of carbonyl (C=O) groups is 1. The van der Waals surface area contributed by atoms with Crippen molar-refractivity contribution in [1.82, 2.24) is 0 Å². The molecular formula is C17H18F2N2O4S. The lowest BCUT2D eigenvalue weighted by atomic mass is 10.0. The van der Waals surface area contributed by atoms with Gasteiger partial charge < -0.3 is 10.1 Å². The number of rotatable bonds is 6. The second-order valence-electron chi connectivity index (χ2n) is 5.73. The molecule has 2 aromatic rings. The summed E-state index contributed by atoms with van der Waals surface area (Å²) in [6.07, 6.45) is 1.02. The Morgan fingerprint density at radius 1 is 1.08 bits per heavy atom. The van der Waals surface area contributed by atoms with E-state index in [1.807, 2.05) is 0 Å². The van der Waals surface area contributed by atoms with E-state index in [4.69, 9.17) is 0 Å². The van der Waals surface area contributed by atoms with Crippen molar-refractivity contribution in [2.24, 2.45) is 0 Å². The van der Waals surface area contributed by atoms with Crippen LogP contribution >= 0.6 is 0 Å². The van der Waals surface area contributed by atoms with Crippen molar-refractivity contribution in [2.75, 3.05) is 16.3 Å². The van der Waals surface area contributed by atoms with Crippen LogP contribution in [0.5, 0.6) is 5.75 Å². The lowest BCUT2D eigenvalue weighted by Crippen LogP contribution is -2.14. The van der Waals surface area contributed by atoms with Gasteiger partial charge in [0.1, 0.15) is 5.75 Å². The van der Waals surface area contributed by atoms with E-state index < -0.39 is 22.5 Å². The van der Waals surface area contributed by atoms with Crippen molar-refractivity contribution in [3.05, 3.63) is 53.1 Å². The molecule has 0 heterocycles. The average molecular weight is 384 g/mol. The number of hydrogen-bond acceptors (Lipinski definition) is 4. The molecule has 2 aromatic carbocycles. The summed E-state index contributed by atoms with van der Waals surface area (Å²) >= 11 is 0. The lowest BCUT2D eigenvalue weighted by molar-refractivity contribution is -0.0507. The molecular weight excluding hydrogens is 366 g/mol. The van der Waals surface area contributed by atoms with E-state index >= 15 is 0 Å². The monoisotopic (exact) mass is 384 g/mol. The van der Waals surface area contributed by atoms with Crippen LogP contribution in [0.2, 0.25) is 0 Å². The predicted molar refractivity (Wildman–Crippen MR) is 95.4 cm³/mol. The molecule has 26 heavy (non-hydrogen) atoms. The fraction of sp³-hybridized carbons (Fsp3) is 0.235. The molecule has 0 saturated heterocycles. The van der Waals surface area contributed by atoms with Crippen LogP contribution in [-0.2, 0) is 10.0 Å². The second kappa shape index (κ2) is 7.69. The van der Waals surface area contributed by atoms with E-state index in [9.17, 15) is 22.0 Å². The molecule has 0 unspecified atom stereocenters. The third-order valence-electron chi connectivity index (χ3n) is 3.35. The minimum Gasteiger partial charge on any atom is -0.434 e. The van der Waals surface area contributed by atoms with Gasteiger partial charge in [-0.2, -0.15) is 8.78 Å². The number of hydrogen-bond donors (Lipinski definition) is 2. The Balaban J connectivity index is 2.21. The summed E-state index contributed by atoms with van der Waals surface area (Å²) in [5.41, 5.74) is 1.76. The van der Waals surface area contributed by atoms with Crippen molar-refractivity contribution in [1.29, 1.82) is 0 Å². The largest absolute Gasteiger partial charge is 0.434 e. The number of benzene rings is 2. The zero-order chi connectivity index (χ0) is 19.5. The number of anilines is 2. The summed E-state index contributed by atoms with van der Waals surface area (Å²) < 4.78 is 54.2. The van der Waals surface area contributed by atoms with Gasteiger partial charge in [0.2, 0.25) is 10.0 Å². The van der Waals surface area contributed by atoms with Crippen LogP contribution in [0.25, 0.3) is 0 Å². The first-order valence-corrected chi connectivity index (χ1v) is 9.39. The highest BCUT2D eigenvalue weighted by Crippen LogP contribution is 2.27. The molecule has 9 heteroatoms. The molecule has 0 radical (unpaired) electrons. The Kier molecular flexibility index (Phi) is 5.81. The number of amides is 1. The van der Waals surface area contributed by atoms with Crippen molar-refractivity contribution in [3.63, 3.8) is 0 Å². The van der Waals surface area contributed by atoms with Crippen LogP contribution in [0.1, 0.15) is 21.5 Å². The number of carbonyl (C=O) groups excluding carboxylic acids is 1. The summed E-state index contributed by atoms with van der Waals surface area (Å²) in [5.74, 6) is -0.424. The Morgan fingerprint density at radius 3 is 2.19 bits per heavy atom. The molecule has 2 N–H and O–H groups in total. The molecule has 0 saturated carbocycles. The van der Waals surface area contributed by atoms with Crippen LogP contribution in [-0.4, -0.2) is 27.2 Å². The van der Waals surface area contributed by atoms with Crippen LogP contribution in [0, 0.1) is 13.8 Å². The third kappa shape index (κ3) is 5.41. The Hall–Kier alpha value is -2.68. The topological polar surface area (TPSA) is 84.5 Å². The van der Waals surface area contributed by atoms with E-state index in [-0.39, 0.29) is 11.3 Å². The summed E-state index contributed by atoms with van der Waals surface area (Å²) in [7, 11) is -3.44. The van der Waals surface area contributed by atoms with Gasteiger partial charge in [-0.25, -0.2) is 8.42 Å². The molecule has 0 bridgehead atoms. The molecule has 2 rings (SSSR count). The summed E-state index contributed by atoms with van der Waals surface area (Å²) in [5, 5.41) is 2.64. The molecule has 0 atom stereocenters. The molecule has 0 aromatic heterocycles. The molecule has 0 aliphatic carbocycles. The molecule has 0 fully saturated rings. The summed E-state index contributed by atoms with van der Waals surface area (Å²) in [6.45, 7) is 0.188. The second-order valence-corrected chi connectivity index (χ2v) is 7.48. The zero-order valence-corrected chi connectivity index (χ0v) is 15.2. The Labute approximate surface area is 150 Å². The smallest absolute Gasteiger partial charge is 0.387 e. The van der Waals surface area contributed by atoms with E-state index in [0.717, 1.165) is 6.26 Å². The zero-order valence-electron chi connectivity index (χ0n) is 14.3. The molecule has 0 aliphatic heterocycles. The highest BCUT2D eigenvalue weighted by atomic mass is 32.2. The quantitative estimate of drug-likeness (QED) is 0.798. The van der Waals surface area contributed by atoms with Crippen molar-refractivity contribution >= 4 is 27.3 Å². The van der Waals surface area contributed by atoms with Crippen molar-refractivity contribution < 1.29 is 26.7 Å². The van der Waals surface area contributed by atoms with Gasteiger partial charge >= 0.3 is 6.61 Å². The predicted octanol–water partition coefficient (Wildman–Crippen LogP) is 3.53. The van der Waals surface area contributed by atoms with Gasteiger partial charge in [0.05, 0.1) is 11.9 Å². The first-order chi connectivity index (χ1) is 12.0. The maximum absolute atomic E-state index is 12.4. The number of sulfonamides is 1. The van der Waals surface area contributed by atoms with Crippen LogP contribution in [0.15, 0.2) is 36.4 Å². The fourth-order valence-corrected chi connectivity index (χ4v) is 2.99. The Morgan fingerprint density at radius 2 is 1.65 bits per heavy atom. The number of halogens is 2. The summed E-state index contributed by atoms with van der Waals surface area (Å²) in [4.78, 5) is 12.4. The number of ether oxygens (including phenoxy) is 1. The minimum atomic E-state index is -3.44. The van der Waals surface area contributed by atoms with E-state index in [1.165, 1.54) is 18.2 Å². The maximum Gasteiger partial charge on any atom is 0.387 e. The Bertz CT molecular complexity index is 907. The average Bonchev–Trinajstić information content (AvgIpc) is 2.49. The molecule has 140 valence electrons. The maximum atomic E-state index is 12.4. The van der Waals surface area contributed by atoms with Gasteiger partial charge in [0.15, 0.2) is 0 Å². The molecule has 1 amide bonds. The number of nitrogens with one attached hydrogen (secondary N) is 2.